The van der Waals surface area contributed by atoms with Crippen LogP contribution in [0.4, 0.5) is 5.69 Å². The molecule has 90 valence electrons. The number of aliphatic hydroxyl groups is 1. The zero-order valence-electron chi connectivity index (χ0n) is 10.3. The lowest BCUT2D eigenvalue weighted by atomic mass is 10.1. The molecule has 0 bridgehead atoms. The van der Waals surface area contributed by atoms with E-state index in [1.807, 2.05) is 44.2 Å². The van der Waals surface area contributed by atoms with Crippen molar-refractivity contribution in [2.75, 3.05) is 39.7 Å². The van der Waals surface area contributed by atoms with Crippen LogP contribution in [-0.4, -0.2) is 39.9 Å². The minimum atomic E-state index is -0.530. The first-order chi connectivity index (χ1) is 7.60. The van der Waals surface area contributed by atoms with E-state index in [0.29, 0.717) is 6.54 Å². The zero-order chi connectivity index (χ0) is 12.1. The molecule has 0 amide bonds. The van der Waals surface area contributed by atoms with Crippen LogP contribution in [0.3, 0.4) is 0 Å². The van der Waals surface area contributed by atoms with Gasteiger partial charge in [0.2, 0.25) is 0 Å². The highest BCUT2D eigenvalue weighted by molar-refractivity contribution is 5.56. The predicted molar refractivity (Wildman–Crippen MR) is 66.2 cm³/mol. The van der Waals surface area contributed by atoms with E-state index in [9.17, 15) is 5.11 Å². The van der Waals surface area contributed by atoms with E-state index in [-0.39, 0.29) is 0 Å². The van der Waals surface area contributed by atoms with Gasteiger partial charge >= 0.3 is 0 Å². The van der Waals surface area contributed by atoms with Crippen LogP contribution >= 0.6 is 0 Å². The van der Waals surface area contributed by atoms with Crippen molar-refractivity contribution in [1.82, 2.24) is 5.32 Å². The first-order valence-electron chi connectivity index (χ1n) is 5.28. The summed E-state index contributed by atoms with van der Waals surface area (Å²) >= 11 is 0. The summed E-state index contributed by atoms with van der Waals surface area (Å²) in [5, 5.41) is 13.0. The molecule has 1 unspecified atom stereocenters. The zero-order valence-corrected chi connectivity index (χ0v) is 10.3. The molecule has 1 aromatic rings. The van der Waals surface area contributed by atoms with Crippen molar-refractivity contribution in [3.05, 3.63) is 23.8 Å². The lowest BCUT2D eigenvalue weighted by molar-refractivity contribution is 0.178. The summed E-state index contributed by atoms with van der Waals surface area (Å²) in [4.78, 5) is 1.98. The van der Waals surface area contributed by atoms with E-state index >= 15 is 0 Å². The van der Waals surface area contributed by atoms with E-state index < -0.39 is 6.10 Å². The number of benzene rings is 1. The SMILES string of the molecule is CNCC(O)c1cc(OC)ccc1N(C)C. The third-order valence-corrected chi connectivity index (χ3v) is 2.47. The number of methoxy groups -OCH3 is 1. The molecule has 0 radical (unpaired) electrons. The smallest absolute Gasteiger partial charge is 0.119 e. The number of nitrogens with zero attached hydrogens (tertiary/aromatic N) is 1. The summed E-state index contributed by atoms with van der Waals surface area (Å²) in [6, 6.07) is 5.72. The van der Waals surface area contributed by atoms with Crippen molar-refractivity contribution in [3.8, 4) is 5.75 Å². The Morgan fingerprint density at radius 2 is 2.12 bits per heavy atom. The fourth-order valence-corrected chi connectivity index (χ4v) is 1.64. The van der Waals surface area contributed by atoms with Gasteiger partial charge in [-0.05, 0) is 25.2 Å². The Balaban J connectivity index is 3.09. The Morgan fingerprint density at radius 3 is 2.62 bits per heavy atom. The topological polar surface area (TPSA) is 44.7 Å². The van der Waals surface area contributed by atoms with Crippen molar-refractivity contribution >= 4 is 5.69 Å². The molecule has 0 aliphatic carbocycles. The molecule has 0 aliphatic heterocycles. The highest BCUT2D eigenvalue weighted by atomic mass is 16.5. The van der Waals surface area contributed by atoms with Crippen molar-refractivity contribution in [2.45, 2.75) is 6.10 Å². The maximum Gasteiger partial charge on any atom is 0.119 e. The largest absolute Gasteiger partial charge is 0.497 e. The molecule has 0 saturated carbocycles. The van der Waals surface area contributed by atoms with Crippen molar-refractivity contribution in [1.29, 1.82) is 0 Å². The molecule has 16 heavy (non-hydrogen) atoms. The Hall–Kier alpha value is -1.26. The first-order valence-corrected chi connectivity index (χ1v) is 5.28. The number of likely N-dealkylation sites (N-methyl/N-ethyl adjacent to an activating group) is 1. The Labute approximate surface area is 96.8 Å². The standard InChI is InChI=1S/C12H20N2O2/c1-13-8-12(15)10-7-9(16-4)5-6-11(10)14(2)3/h5-7,12-13,15H,8H2,1-4H3. The van der Waals surface area contributed by atoms with Crippen LogP contribution in [0.5, 0.6) is 5.75 Å². The average Bonchev–Trinajstić information content (AvgIpc) is 2.28. The van der Waals surface area contributed by atoms with Gasteiger partial charge in [-0.1, -0.05) is 0 Å². The van der Waals surface area contributed by atoms with Gasteiger partial charge < -0.3 is 20.1 Å². The van der Waals surface area contributed by atoms with Crippen molar-refractivity contribution in [2.24, 2.45) is 0 Å². The van der Waals surface area contributed by atoms with Gasteiger partial charge in [-0.3, -0.25) is 0 Å². The normalized spacial score (nSPS) is 12.3. The molecule has 1 aromatic carbocycles. The summed E-state index contributed by atoms with van der Waals surface area (Å²) in [6.07, 6.45) is -0.530. The van der Waals surface area contributed by atoms with Crippen LogP contribution in [0, 0.1) is 0 Å². The number of rotatable bonds is 5. The van der Waals surface area contributed by atoms with Crippen LogP contribution in [0.1, 0.15) is 11.7 Å². The average molecular weight is 224 g/mol. The summed E-state index contributed by atoms with van der Waals surface area (Å²) in [7, 11) is 7.35. The monoisotopic (exact) mass is 224 g/mol. The molecule has 0 aliphatic rings. The Kier molecular flexibility index (Phi) is 4.58. The van der Waals surface area contributed by atoms with E-state index in [4.69, 9.17) is 4.74 Å². The predicted octanol–water partition coefficient (Wildman–Crippen LogP) is 1.01. The van der Waals surface area contributed by atoms with Crippen LogP contribution in [0.15, 0.2) is 18.2 Å². The minimum Gasteiger partial charge on any atom is -0.497 e. The van der Waals surface area contributed by atoms with Gasteiger partial charge in [0.05, 0.1) is 13.2 Å². The molecule has 0 heterocycles. The molecule has 0 saturated heterocycles. The van der Waals surface area contributed by atoms with Gasteiger partial charge in [-0.15, -0.1) is 0 Å². The van der Waals surface area contributed by atoms with Crippen LogP contribution < -0.4 is 15.0 Å². The number of hydrogen-bond acceptors (Lipinski definition) is 4. The maximum atomic E-state index is 10.0. The van der Waals surface area contributed by atoms with Crippen LogP contribution in [0.2, 0.25) is 0 Å². The molecular formula is C12H20N2O2. The highest BCUT2D eigenvalue weighted by Crippen LogP contribution is 2.28. The number of anilines is 1. The Bertz CT molecular complexity index is 340. The van der Waals surface area contributed by atoms with E-state index in [2.05, 4.69) is 5.32 Å². The van der Waals surface area contributed by atoms with E-state index in [0.717, 1.165) is 17.0 Å². The van der Waals surface area contributed by atoms with Crippen LogP contribution in [0.25, 0.3) is 0 Å². The number of aliphatic hydroxyl groups excluding tert-OH is 1. The van der Waals surface area contributed by atoms with Crippen molar-refractivity contribution in [3.63, 3.8) is 0 Å². The number of hydrogen-bond donors (Lipinski definition) is 2. The van der Waals surface area contributed by atoms with E-state index in [1.165, 1.54) is 0 Å². The molecule has 2 N–H and O–H groups in total. The van der Waals surface area contributed by atoms with Gasteiger partial charge in [0, 0.05) is 31.9 Å². The quantitative estimate of drug-likeness (QED) is 0.783. The lowest BCUT2D eigenvalue weighted by Gasteiger charge is -2.21. The second-order valence-corrected chi connectivity index (χ2v) is 3.89. The fourth-order valence-electron chi connectivity index (χ4n) is 1.64. The molecule has 1 rings (SSSR count). The van der Waals surface area contributed by atoms with E-state index in [1.54, 1.807) is 7.11 Å². The molecular weight excluding hydrogens is 204 g/mol. The van der Waals surface area contributed by atoms with Gasteiger partial charge in [0.15, 0.2) is 0 Å². The van der Waals surface area contributed by atoms with Gasteiger partial charge in [-0.25, -0.2) is 0 Å². The second-order valence-electron chi connectivity index (χ2n) is 3.89. The lowest BCUT2D eigenvalue weighted by Crippen LogP contribution is -2.20. The van der Waals surface area contributed by atoms with Gasteiger partial charge in [-0.2, -0.15) is 0 Å². The molecule has 4 heteroatoms. The third-order valence-electron chi connectivity index (χ3n) is 2.47. The third kappa shape index (κ3) is 2.87. The maximum absolute atomic E-state index is 10.0. The molecule has 1 atom stereocenters. The number of ether oxygens (including phenoxy) is 1. The molecule has 0 spiro atoms. The van der Waals surface area contributed by atoms with Gasteiger partial charge in [0.25, 0.3) is 0 Å². The molecule has 0 fully saturated rings. The first kappa shape index (κ1) is 12.8. The van der Waals surface area contributed by atoms with Crippen molar-refractivity contribution < 1.29 is 9.84 Å². The van der Waals surface area contributed by atoms with Crippen LogP contribution in [-0.2, 0) is 0 Å². The highest BCUT2D eigenvalue weighted by Gasteiger charge is 2.14. The minimum absolute atomic E-state index is 0.522. The second kappa shape index (κ2) is 5.72. The summed E-state index contributed by atoms with van der Waals surface area (Å²) in [6.45, 7) is 0.522. The molecule has 4 nitrogen and oxygen atoms in total. The number of nitrogens with one attached hydrogen (secondary N) is 1. The fraction of sp³-hybridized carbons (Fsp3) is 0.500. The Morgan fingerprint density at radius 1 is 1.44 bits per heavy atom. The molecule has 0 aromatic heterocycles. The summed E-state index contributed by atoms with van der Waals surface area (Å²) in [5.74, 6) is 0.760. The summed E-state index contributed by atoms with van der Waals surface area (Å²) in [5.41, 5.74) is 1.88. The summed E-state index contributed by atoms with van der Waals surface area (Å²) < 4.78 is 5.17. The van der Waals surface area contributed by atoms with Gasteiger partial charge in [0.1, 0.15) is 5.75 Å².